The highest BCUT2D eigenvalue weighted by Gasteiger charge is 2.10. The van der Waals surface area contributed by atoms with Crippen LogP contribution in [0.2, 0.25) is 0 Å². The summed E-state index contributed by atoms with van der Waals surface area (Å²) in [6.07, 6.45) is 0.468. The second kappa shape index (κ2) is 7.30. The minimum atomic E-state index is -0.208. The summed E-state index contributed by atoms with van der Waals surface area (Å²) in [7, 11) is 1.85. The molecule has 0 saturated carbocycles. The Balaban J connectivity index is 1.79. The van der Waals surface area contributed by atoms with Gasteiger partial charge in [-0.05, 0) is 29.2 Å². The van der Waals surface area contributed by atoms with Crippen LogP contribution in [0.5, 0.6) is 0 Å². The lowest BCUT2D eigenvalue weighted by Gasteiger charge is -2.16. The largest absolute Gasteiger partial charge is 0.314 e. The normalized spacial score (nSPS) is 10.9. The lowest BCUT2D eigenvalue weighted by Crippen LogP contribution is -2.23. The van der Waals surface area contributed by atoms with Crippen LogP contribution >= 0.6 is 0 Å². The van der Waals surface area contributed by atoms with Crippen molar-refractivity contribution in [1.82, 2.24) is 15.2 Å². The lowest BCUT2D eigenvalue weighted by molar-refractivity contribution is 0.844. The van der Waals surface area contributed by atoms with Crippen molar-refractivity contribution in [1.29, 1.82) is 0 Å². The number of nitrogens with one attached hydrogen (secondary N) is 1. The van der Waals surface area contributed by atoms with Gasteiger partial charge in [-0.1, -0.05) is 56.3 Å². The summed E-state index contributed by atoms with van der Waals surface area (Å²) in [5.41, 5.74) is 3.48. The van der Waals surface area contributed by atoms with E-state index in [-0.39, 0.29) is 5.56 Å². The molecule has 0 aliphatic carbocycles. The van der Waals surface area contributed by atoms with Gasteiger partial charge in [-0.15, -0.1) is 10.2 Å². The molecule has 1 aromatic heterocycles. The summed E-state index contributed by atoms with van der Waals surface area (Å²) < 4.78 is 0. The standard InChI is InChI=1S/C20H22N4O/c1-14(2)16-11-9-15(10-12-16)13-18-19(25)21-20(23-22-18)24(3)17-7-5-4-6-8-17/h4-12,14H,13H2,1-3H3,(H,21,23,25). The molecule has 0 atom stereocenters. The van der Waals surface area contributed by atoms with E-state index in [4.69, 9.17) is 0 Å². The van der Waals surface area contributed by atoms with E-state index in [1.807, 2.05) is 49.5 Å². The van der Waals surface area contributed by atoms with Gasteiger partial charge in [-0.25, -0.2) is 0 Å². The number of aromatic amines is 1. The van der Waals surface area contributed by atoms with Gasteiger partial charge in [0.1, 0.15) is 5.69 Å². The highest BCUT2D eigenvalue weighted by molar-refractivity contribution is 5.55. The first-order valence-electron chi connectivity index (χ1n) is 8.38. The van der Waals surface area contributed by atoms with E-state index in [1.165, 1.54) is 5.56 Å². The molecule has 0 aliphatic heterocycles. The maximum Gasteiger partial charge on any atom is 0.274 e. The summed E-state index contributed by atoms with van der Waals surface area (Å²) in [5, 5.41) is 8.32. The van der Waals surface area contributed by atoms with Gasteiger partial charge in [0.15, 0.2) is 0 Å². The number of rotatable bonds is 5. The average Bonchev–Trinajstić information content (AvgIpc) is 2.64. The van der Waals surface area contributed by atoms with Crippen LogP contribution in [0.4, 0.5) is 11.6 Å². The molecular weight excluding hydrogens is 312 g/mol. The molecule has 0 unspecified atom stereocenters. The van der Waals surface area contributed by atoms with Crippen molar-refractivity contribution in [2.75, 3.05) is 11.9 Å². The van der Waals surface area contributed by atoms with Crippen LogP contribution in [0.1, 0.15) is 36.6 Å². The maximum absolute atomic E-state index is 12.4. The van der Waals surface area contributed by atoms with Crippen LogP contribution in [0.15, 0.2) is 59.4 Å². The first kappa shape index (κ1) is 16.9. The minimum Gasteiger partial charge on any atom is -0.314 e. The SMILES string of the molecule is CC(C)c1ccc(Cc2nnc(N(C)c3ccccc3)[nH]c2=O)cc1. The van der Waals surface area contributed by atoms with Crippen LogP contribution < -0.4 is 10.5 Å². The van der Waals surface area contributed by atoms with Crippen molar-refractivity contribution in [3.63, 3.8) is 0 Å². The van der Waals surface area contributed by atoms with Gasteiger partial charge in [0.25, 0.3) is 5.56 Å². The monoisotopic (exact) mass is 334 g/mol. The van der Waals surface area contributed by atoms with Gasteiger partial charge in [0, 0.05) is 19.2 Å². The topological polar surface area (TPSA) is 61.9 Å². The Hall–Kier alpha value is -2.95. The summed E-state index contributed by atoms with van der Waals surface area (Å²) in [5.74, 6) is 0.917. The molecular formula is C20H22N4O. The van der Waals surface area contributed by atoms with Gasteiger partial charge in [0.2, 0.25) is 5.95 Å². The van der Waals surface area contributed by atoms with Crippen molar-refractivity contribution in [3.05, 3.63) is 81.8 Å². The summed E-state index contributed by atoms with van der Waals surface area (Å²) in [6.45, 7) is 4.32. The number of para-hydroxylation sites is 1. The third kappa shape index (κ3) is 3.94. The molecule has 0 spiro atoms. The Kier molecular flexibility index (Phi) is 4.93. The molecule has 0 saturated heterocycles. The van der Waals surface area contributed by atoms with Gasteiger partial charge in [0.05, 0.1) is 0 Å². The third-order valence-corrected chi connectivity index (χ3v) is 4.23. The van der Waals surface area contributed by atoms with E-state index in [0.717, 1.165) is 11.3 Å². The van der Waals surface area contributed by atoms with Crippen LogP contribution in [-0.2, 0) is 6.42 Å². The van der Waals surface area contributed by atoms with Crippen LogP contribution in [-0.4, -0.2) is 22.2 Å². The Labute approximate surface area is 147 Å². The molecule has 0 fully saturated rings. The van der Waals surface area contributed by atoms with Crippen LogP contribution in [0.25, 0.3) is 0 Å². The zero-order valence-corrected chi connectivity index (χ0v) is 14.7. The second-order valence-corrected chi connectivity index (χ2v) is 6.39. The van der Waals surface area contributed by atoms with Gasteiger partial charge < -0.3 is 4.90 Å². The van der Waals surface area contributed by atoms with Gasteiger partial charge in [-0.3, -0.25) is 9.78 Å². The molecule has 1 N–H and O–H groups in total. The fraction of sp³-hybridized carbons (Fsp3) is 0.250. The molecule has 1 heterocycles. The van der Waals surface area contributed by atoms with Crippen molar-refractivity contribution in [2.45, 2.75) is 26.2 Å². The van der Waals surface area contributed by atoms with E-state index >= 15 is 0 Å². The first-order chi connectivity index (χ1) is 12.0. The number of benzene rings is 2. The first-order valence-corrected chi connectivity index (χ1v) is 8.38. The van der Waals surface area contributed by atoms with E-state index < -0.39 is 0 Å². The van der Waals surface area contributed by atoms with Crippen molar-refractivity contribution >= 4 is 11.6 Å². The zero-order chi connectivity index (χ0) is 17.8. The van der Waals surface area contributed by atoms with Gasteiger partial charge >= 0.3 is 0 Å². The molecule has 128 valence electrons. The Morgan fingerprint density at radius 2 is 1.68 bits per heavy atom. The molecule has 25 heavy (non-hydrogen) atoms. The predicted molar refractivity (Wildman–Crippen MR) is 100 cm³/mol. The quantitative estimate of drug-likeness (QED) is 0.774. The molecule has 0 amide bonds. The number of hydrogen-bond acceptors (Lipinski definition) is 4. The number of H-pyrrole nitrogens is 1. The van der Waals surface area contributed by atoms with Crippen LogP contribution in [0.3, 0.4) is 0 Å². The smallest absolute Gasteiger partial charge is 0.274 e. The molecule has 0 aliphatic rings. The fourth-order valence-electron chi connectivity index (χ4n) is 2.61. The molecule has 0 bridgehead atoms. The summed E-state index contributed by atoms with van der Waals surface area (Å²) in [6, 6.07) is 18.0. The number of aromatic nitrogens is 3. The second-order valence-electron chi connectivity index (χ2n) is 6.39. The highest BCUT2D eigenvalue weighted by Crippen LogP contribution is 2.18. The predicted octanol–water partition coefficient (Wildman–Crippen LogP) is 3.65. The molecule has 0 radical (unpaired) electrons. The Morgan fingerprint density at radius 1 is 1.00 bits per heavy atom. The van der Waals surface area contributed by atoms with Crippen molar-refractivity contribution in [3.8, 4) is 0 Å². The molecule has 5 nitrogen and oxygen atoms in total. The average molecular weight is 334 g/mol. The number of anilines is 2. The van der Waals surface area contributed by atoms with E-state index in [9.17, 15) is 4.79 Å². The van der Waals surface area contributed by atoms with Crippen molar-refractivity contribution < 1.29 is 0 Å². The number of hydrogen-bond donors (Lipinski definition) is 1. The van der Waals surface area contributed by atoms with E-state index in [1.54, 1.807) is 4.90 Å². The lowest BCUT2D eigenvalue weighted by atomic mass is 10.0. The zero-order valence-electron chi connectivity index (χ0n) is 14.7. The van der Waals surface area contributed by atoms with Crippen molar-refractivity contribution in [2.24, 2.45) is 0 Å². The molecule has 3 aromatic rings. The van der Waals surface area contributed by atoms with Crippen LogP contribution in [0, 0.1) is 0 Å². The molecule has 2 aromatic carbocycles. The molecule has 5 heteroatoms. The number of nitrogens with zero attached hydrogens (tertiary/aromatic N) is 3. The van der Waals surface area contributed by atoms with E-state index in [0.29, 0.717) is 24.0 Å². The van der Waals surface area contributed by atoms with Gasteiger partial charge in [-0.2, -0.15) is 0 Å². The highest BCUT2D eigenvalue weighted by atomic mass is 16.1. The third-order valence-electron chi connectivity index (χ3n) is 4.23. The molecule has 3 rings (SSSR count). The maximum atomic E-state index is 12.4. The Bertz CT molecular complexity index is 886. The fourth-order valence-corrected chi connectivity index (χ4v) is 2.61. The Morgan fingerprint density at radius 3 is 2.28 bits per heavy atom. The minimum absolute atomic E-state index is 0.208. The summed E-state index contributed by atoms with van der Waals surface area (Å²) in [4.78, 5) is 17.0. The summed E-state index contributed by atoms with van der Waals surface area (Å²) >= 11 is 0. The van der Waals surface area contributed by atoms with E-state index in [2.05, 4.69) is 41.2 Å².